The van der Waals surface area contributed by atoms with Gasteiger partial charge in [-0.1, -0.05) is 25.5 Å². The third-order valence-corrected chi connectivity index (χ3v) is 0.918. The minimum Gasteiger partial charge on any atom is -0.396 e. The molecule has 0 aliphatic heterocycles. The number of rotatable bonds is 4. The summed E-state index contributed by atoms with van der Waals surface area (Å²) in [6.45, 7) is 2.42. The average molecular weight is 114 g/mol. The summed E-state index contributed by atoms with van der Waals surface area (Å²) in [4.78, 5) is 0. The molecule has 0 aromatic rings. The molecular weight excluding hydrogens is 100 g/mol. The number of hydrogen-bond donors (Lipinski definition) is 1. The highest BCUT2D eigenvalue weighted by Gasteiger charge is 1.72. The highest BCUT2D eigenvalue weighted by atomic mass is 16.2. The van der Waals surface area contributed by atoms with Gasteiger partial charge in [-0.3, -0.25) is 0 Å². The standard InChI is InChI=1S/C7H14O/c1-2-3-4-5-6-7-8/h4-5,8H,2-3,6-7H2,1H3/b5-4-. The molecule has 0 aromatic carbocycles. The Hall–Kier alpha value is -0.300. The lowest BCUT2D eigenvalue weighted by atomic mass is 10.3. The highest BCUT2D eigenvalue weighted by Crippen LogP contribution is 1.89. The van der Waals surface area contributed by atoms with Gasteiger partial charge in [0.15, 0.2) is 0 Å². The van der Waals surface area contributed by atoms with Gasteiger partial charge in [-0.25, -0.2) is 0 Å². The van der Waals surface area contributed by atoms with Crippen LogP contribution in [0.15, 0.2) is 12.2 Å². The van der Waals surface area contributed by atoms with Gasteiger partial charge in [0.05, 0.1) is 0 Å². The van der Waals surface area contributed by atoms with Gasteiger partial charge < -0.3 is 5.11 Å². The SMILES string of the molecule is CCC/C=C\CCO. The van der Waals surface area contributed by atoms with E-state index < -0.39 is 0 Å². The molecule has 8 heavy (non-hydrogen) atoms. The van der Waals surface area contributed by atoms with Crippen LogP contribution < -0.4 is 0 Å². The lowest BCUT2D eigenvalue weighted by Gasteiger charge is -1.83. The van der Waals surface area contributed by atoms with Crippen molar-refractivity contribution < 1.29 is 5.11 Å². The average Bonchev–Trinajstić information content (AvgIpc) is 1.81. The first-order valence-corrected chi connectivity index (χ1v) is 3.17. The molecule has 0 heterocycles. The minimum atomic E-state index is 0.278. The van der Waals surface area contributed by atoms with E-state index >= 15 is 0 Å². The number of aliphatic hydroxyl groups is 1. The Morgan fingerprint density at radius 2 is 1.88 bits per heavy atom. The van der Waals surface area contributed by atoms with Crippen molar-refractivity contribution in [1.82, 2.24) is 0 Å². The first kappa shape index (κ1) is 7.70. The predicted octanol–water partition coefficient (Wildman–Crippen LogP) is 1.73. The van der Waals surface area contributed by atoms with Gasteiger partial charge in [0.2, 0.25) is 0 Å². The zero-order valence-electron chi connectivity index (χ0n) is 5.43. The molecule has 0 saturated heterocycles. The first-order valence-electron chi connectivity index (χ1n) is 3.17. The summed E-state index contributed by atoms with van der Waals surface area (Å²) in [7, 11) is 0. The zero-order valence-corrected chi connectivity index (χ0v) is 5.43. The van der Waals surface area contributed by atoms with Crippen molar-refractivity contribution >= 4 is 0 Å². The van der Waals surface area contributed by atoms with Crippen molar-refractivity contribution in [2.24, 2.45) is 0 Å². The zero-order chi connectivity index (χ0) is 6.24. The van der Waals surface area contributed by atoms with Crippen molar-refractivity contribution in [3.8, 4) is 0 Å². The Bertz CT molecular complexity index is 49.4. The van der Waals surface area contributed by atoms with E-state index in [1.54, 1.807) is 0 Å². The molecule has 0 bridgehead atoms. The topological polar surface area (TPSA) is 20.2 Å². The van der Waals surface area contributed by atoms with Gasteiger partial charge >= 0.3 is 0 Å². The second-order valence-electron chi connectivity index (χ2n) is 1.77. The van der Waals surface area contributed by atoms with Crippen molar-refractivity contribution in [3.05, 3.63) is 12.2 Å². The van der Waals surface area contributed by atoms with Gasteiger partial charge in [0.1, 0.15) is 0 Å². The van der Waals surface area contributed by atoms with Gasteiger partial charge in [-0.05, 0) is 12.8 Å². The van der Waals surface area contributed by atoms with Crippen LogP contribution in [0.3, 0.4) is 0 Å². The van der Waals surface area contributed by atoms with Crippen LogP contribution in [0.5, 0.6) is 0 Å². The Morgan fingerprint density at radius 1 is 1.25 bits per heavy atom. The summed E-state index contributed by atoms with van der Waals surface area (Å²) < 4.78 is 0. The molecule has 0 atom stereocenters. The van der Waals surface area contributed by atoms with Crippen molar-refractivity contribution in [1.29, 1.82) is 0 Å². The van der Waals surface area contributed by atoms with Crippen molar-refractivity contribution in [2.45, 2.75) is 26.2 Å². The molecule has 0 rings (SSSR count). The van der Waals surface area contributed by atoms with Crippen LogP contribution in [0.2, 0.25) is 0 Å². The molecule has 1 heteroatoms. The summed E-state index contributed by atoms with van der Waals surface area (Å²) >= 11 is 0. The number of unbranched alkanes of at least 4 members (excludes halogenated alkanes) is 1. The summed E-state index contributed by atoms with van der Waals surface area (Å²) in [5, 5.41) is 8.31. The maximum atomic E-state index is 8.31. The fourth-order valence-electron chi connectivity index (χ4n) is 0.477. The maximum Gasteiger partial charge on any atom is 0.0465 e. The predicted molar refractivity (Wildman–Crippen MR) is 35.8 cm³/mol. The second-order valence-corrected chi connectivity index (χ2v) is 1.77. The largest absolute Gasteiger partial charge is 0.396 e. The molecule has 0 aliphatic carbocycles. The molecule has 0 radical (unpaired) electrons. The first-order chi connectivity index (χ1) is 3.91. The fraction of sp³-hybridized carbons (Fsp3) is 0.714. The van der Waals surface area contributed by atoms with E-state index in [-0.39, 0.29) is 6.61 Å². The van der Waals surface area contributed by atoms with E-state index in [1.165, 1.54) is 6.42 Å². The van der Waals surface area contributed by atoms with E-state index in [0.717, 1.165) is 12.8 Å². The summed E-state index contributed by atoms with van der Waals surface area (Å²) in [5.74, 6) is 0. The van der Waals surface area contributed by atoms with E-state index in [4.69, 9.17) is 5.11 Å². The van der Waals surface area contributed by atoms with Crippen LogP contribution in [0.4, 0.5) is 0 Å². The molecule has 0 aliphatic rings. The lowest BCUT2D eigenvalue weighted by Crippen LogP contribution is -1.74. The molecule has 0 amide bonds. The normalized spacial score (nSPS) is 10.8. The van der Waals surface area contributed by atoms with Crippen LogP contribution in [0.1, 0.15) is 26.2 Å². The summed E-state index contributed by atoms with van der Waals surface area (Å²) in [5.41, 5.74) is 0. The van der Waals surface area contributed by atoms with Crippen molar-refractivity contribution in [3.63, 3.8) is 0 Å². The quantitative estimate of drug-likeness (QED) is 0.552. The molecule has 1 N–H and O–H groups in total. The minimum absolute atomic E-state index is 0.278. The Labute approximate surface area is 51.0 Å². The van der Waals surface area contributed by atoms with Crippen LogP contribution in [-0.4, -0.2) is 11.7 Å². The molecule has 0 saturated carbocycles. The van der Waals surface area contributed by atoms with Crippen LogP contribution in [0, 0.1) is 0 Å². The third kappa shape index (κ3) is 5.70. The van der Waals surface area contributed by atoms with Gasteiger partial charge in [-0.15, -0.1) is 0 Å². The number of hydrogen-bond acceptors (Lipinski definition) is 1. The van der Waals surface area contributed by atoms with E-state index in [9.17, 15) is 0 Å². The van der Waals surface area contributed by atoms with Crippen molar-refractivity contribution in [2.75, 3.05) is 6.61 Å². The third-order valence-electron chi connectivity index (χ3n) is 0.918. The van der Waals surface area contributed by atoms with Gasteiger partial charge in [0, 0.05) is 6.61 Å². The van der Waals surface area contributed by atoms with E-state index in [0.29, 0.717) is 0 Å². The van der Waals surface area contributed by atoms with Crippen LogP contribution in [-0.2, 0) is 0 Å². The number of aliphatic hydroxyl groups excluding tert-OH is 1. The smallest absolute Gasteiger partial charge is 0.0465 e. The summed E-state index contributed by atoms with van der Waals surface area (Å²) in [6, 6.07) is 0. The van der Waals surface area contributed by atoms with E-state index in [1.807, 2.05) is 6.08 Å². The fourth-order valence-corrected chi connectivity index (χ4v) is 0.477. The Morgan fingerprint density at radius 3 is 2.38 bits per heavy atom. The molecule has 0 aromatic heterocycles. The number of allylic oxidation sites excluding steroid dienone is 1. The Balaban J connectivity index is 2.83. The molecule has 0 spiro atoms. The summed E-state index contributed by atoms with van der Waals surface area (Å²) in [6.07, 6.45) is 7.27. The van der Waals surface area contributed by atoms with Crippen LogP contribution in [0.25, 0.3) is 0 Å². The molecule has 48 valence electrons. The van der Waals surface area contributed by atoms with Gasteiger partial charge in [-0.2, -0.15) is 0 Å². The highest BCUT2D eigenvalue weighted by molar-refractivity contribution is 4.80. The lowest BCUT2D eigenvalue weighted by molar-refractivity contribution is 0.302. The molecule has 1 nitrogen and oxygen atoms in total. The molecular formula is C7H14O. The second kappa shape index (κ2) is 6.70. The molecule has 0 unspecified atom stereocenters. The van der Waals surface area contributed by atoms with Gasteiger partial charge in [0.25, 0.3) is 0 Å². The van der Waals surface area contributed by atoms with E-state index in [2.05, 4.69) is 13.0 Å². The molecule has 0 fully saturated rings. The monoisotopic (exact) mass is 114 g/mol. The van der Waals surface area contributed by atoms with Crippen LogP contribution >= 0.6 is 0 Å². The maximum absolute atomic E-state index is 8.31. The Kier molecular flexibility index (Phi) is 6.45.